The maximum atomic E-state index is 13.8. The summed E-state index contributed by atoms with van der Waals surface area (Å²) in [5.74, 6) is -2.79. The van der Waals surface area contributed by atoms with E-state index >= 15 is 0 Å². The molecule has 44 heavy (non-hydrogen) atoms. The zero-order valence-corrected chi connectivity index (χ0v) is 24.3. The highest BCUT2D eigenvalue weighted by Crippen LogP contribution is 2.53. The van der Waals surface area contributed by atoms with Crippen LogP contribution in [0.4, 0.5) is 24.5 Å². The van der Waals surface area contributed by atoms with Crippen molar-refractivity contribution >= 4 is 52.2 Å². The van der Waals surface area contributed by atoms with Gasteiger partial charge in [0.25, 0.3) is 5.91 Å². The van der Waals surface area contributed by atoms with Gasteiger partial charge in [-0.15, -0.1) is 0 Å². The van der Waals surface area contributed by atoms with E-state index in [0.717, 1.165) is 35.2 Å². The summed E-state index contributed by atoms with van der Waals surface area (Å²) in [4.78, 5) is 56.5. The highest BCUT2D eigenvalue weighted by atomic mass is 32.2. The Bertz CT molecular complexity index is 1820. The number of hydrogen-bond acceptors (Lipinski definition) is 8. The van der Waals surface area contributed by atoms with Gasteiger partial charge in [0, 0.05) is 10.8 Å². The first-order valence-electron chi connectivity index (χ1n) is 13.2. The number of anilines is 2. The third kappa shape index (κ3) is 5.35. The molecular formula is C30H22F3N3O6S2. The molecule has 1 fully saturated rings. The number of alkyl halides is 3. The van der Waals surface area contributed by atoms with Gasteiger partial charge < -0.3 is 19.8 Å². The summed E-state index contributed by atoms with van der Waals surface area (Å²) in [6.07, 6.45) is -4.66. The minimum absolute atomic E-state index is 0.124. The number of aromatic amines is 1. The molecule has 3 aromatic carbocycles. The largest absolute Gasteiger partial charge is 0.493 e. The van der Waals surface area contributed by atoms with E-state index in [0.29, 0.717) is 21.2 Å². The van der Waals surface area contributed by atoms with Crippen LogP contribution in [0.15, 0.2) is 82.6 Å². The van der Waals surface area contributed by atoms with Crippen molar-refractivity contribution in [2.75, 3.05) is 23.9 Å². The first kappa shape index (κ1) is 29.5. The van der Waals surface area contributed by atoms with Crippen molar-refractivity contribution in [3.8, 4) is 11.5 Å². The number of aromatic nitrogens is 1. The average molecular weight is 642 g/mol. The number of nitrogens with one attached hydrogen (secondary N) is 2. The van der Waals surface area contributed by atoms with Crippen LogP contribution in [0.2, 0.25) is 0 Å². The maximum Gasteiger partial charge on any atom is 0.418 e. The summed E-state index contributed by atoms with van der Waals surface area (Å²) < 4.78 is 51.0. The second kappa shape index (κ2) is 11.5. The summed E-state index contributed by atoms with van der Waals surface area (Å²) in [7, 11) is 1.37. The van der Waals surface area contributed by atoms with Gasteiger partial charge in [0.2, 0.25) is 11.8 Å². The van der Waals surface area contributed by atoms with E-state index in [-0.39, 0.29) is 22.3 Å². The molecule has 2 N–H and O–H groups in total. The van der Waals surface area contributed by atoms with Gasteiger partial charge in [0.15, 0.2) is 18.1 Å². The predicted molar refractivity (Wildman–Crippen MR) is 157 cm³/mol. The Labute approximate surface area is 256 Å². The smallest absolute Gasteiger partial charge is 0.418 e. The highest BCUT2D eigenvalue weighted by Gasteiger charge is 2.56. The van der Waals surface area contributed by atoms with Crippen LogP contribution in [-0.4, -0.2) is 41.7 Å². The molecule has 0 unspecified atom stereocenters. The van der Waals surface area contributed by atoms with E-state index in [9.17, 15) is 32.3 Å². The second-order valence-corrected chi connectivity index (χ2v) is 12.1. The van der Waals surface area contributed by atoms with Gasteiger partial charge in [0.05, 0.1) is 35.0 Å². The van der Waals surface area contributed by atoms with Crippen LogP contribution < -0.4 is 24.6 Å². The van der Waals surface area contributed by atoms with E-state index in [1.54, 1.807) is 42.5 Å². The normalized spacial score (nSPS) is 19.4. The molecule has 2 aliphatic heterocycles. The lowest BCUT2D eigenvalue weighted by Gasteiger charge is -2.30. The minimum Gasteiger partial charge on any atom is -0.493 e. The Balaban J connectivity index is 1.28. The number of thiazole rings is 1. The molecule has 2 aliphatic rings. The standard InChI is InChI=1S/C30H22F3N3O6S2/c1-41-20-13-15(11-12-19(20)42-14-21(37)34-18-10-6-5-9-17(18)30(31,32)33)22-23-25(43-26-24(22)44-29(40)35-26)28(39)36(27(23)38)16-7-3-2-4-8-16/h2-13,22-23,25H,14H2,1H3,(H,34,37)(H,35,40)/t22-,23-,25+/m0/s1. The number of rotatable bonds is 7. The van der Waals surface area contributed by atoms with Crippen LogP contribution in [0.3, 0.4) is 0 Å². The topological polar surface area (TPSA) is 118 Å². The van der Waals surface area contributed by atoms with E-state index in [2.05, 4.69) is 10.3 Å². The van der Waals surface area contributed by atoms with Gasteiger partial charge >= 0.3 is 11.0 Å². The van der Waals surface area contributed by atoms with Crippen molar-refractivity contribution in [3.63, 3.8) is 0 Å². The molecule has 1 saturated heterocycles. The number of methoxy groups -OCH3 is 1. The number of nitrogens with zero attached hydrogens (tertiary/aromatic N) is 1. The molecule has 226 valence electrons. The SMILES string of the molecule is COc1cc([C@@H]2c3sc(=O)[nH]c3S[C@H]3C(=O)N(c4ccccc4)C(=O)[C@@H]23)ccc1OCC(=O)Nc1ccccc1C(F)(F)F. The third-order valence-corrected chi connectivity index (χ3v) is 9.65. The van der Waals surface area contributed by atoms with E-state index in [4.69, 9.17) is 9.47 Å². The minimum atomic E-state index is -4.66. The Morgan fingerprint density at radius 2 is 1.70 bits per heavy atom. The number of para-hydroxylation sites is 2. The van der Waals surface area contributed by atoms with Crippen molar-refractivity contribution in [1.29, 1.82) is 0 Å². The molecule has 9 nitrogen and oxygen atoms in total. The highest BCUT2D eigenvalue weighted by molar-refractivity contribution is 8.00. The zero-order valence-electron chi connectivity index (χ0n) is 22.7. The molecular weight excluding hydrogens is 619 g/mol. The molecule has 3 amide bonds. The van der Waals surface area contributed by atoms with Crippen LogP contribution in [0.5, 0.6) is 11.5 Å². The molecule has 3 heterocycles. The molecule has 1 aromatic heterocycles. The molecule has 14 heteroatoms. The number of H-pyrrole nitrogens is 1. The Kier molecular flexibility index (Phi) is 7.72. The molecule has 0 radical (unpaired) electrons. The molecule has 0 spiro atoms. The van der Waals surface area contributed by atoms with Gasteiger partial charge in [-0.3, -0.25) is 19.2 Å². The first-order valence-corrected chi connectivity index (χ1v) is 14.9. The summed E-state index contributed by atoms with van der Waals surface area (Å²) in [5, 5.41) is 1.95. The summed E-state index contributed by atoms with van der Waals surface area (Å²) in [6.45, 7) is -0.616. The van der Waals surface area contributed by atoms with Crippen LogP contribution in [0, 0.1) is 5.92 Å². The number of hydrogen-bond donors (Lipinski definition) is 2. The first-order chi connectivity index (χ1) is 21.1. The van der Waals surface area contributed by atoms with Gasteiger partial charge in [-0.25, -0.2) is 4.90 Å². The average Bonchev–Trinajstić information content (AvgIpc) is 3.50. The lowest BCUT2D eigenvalue weighted by Crippen LogP contribution is -2.32. The number of ether oxygens (including phenoxy) is 2. The van der Waals surface area contributed by atoms with Crippen LogP contribution in [-0.2, 0) is 20.6 Å². The van der Waals surface area contributed by atoms with Gasteiger partial charge in [-0.05, 0) is 42.0 Å². The third-order valence-electron chi connectivity index (χ3n) is 7.25. The Hall–Kier alpha value is -4.56. The molecule has 0 bridgehead atoms. The summed E-state index contributed by atoms with van der Waals surface area (Å²) >= 11 is 2.12. The number of imide groups is 1. The maximum absolute atomic E-state index is 13.8. The van der Waals surface area contributed by atoms with Crippen LogP contribution in [0.25, 0.3) is 0 Å². The molecule has 0 saturated carbocycles. The van der Waals surface area contributed by atoms with Crippen molar-refractivity contribution in [2.24, 2.45) is 5.92 Å². The fourth-order valence-electron chi connectivity index (χ4n) is 5.37. The van der Waals surface area contributed by atoms with E-state index in [1.165, 1.54) is 30.2 Å². The van der Waals surface area contributed by atoms with Gasteiger partial charge in [-0.1, -0.05) is 59.5 Å². The number of carbonyl (C=O) groups excluding carboxylic acids is 3. The Morgan fingerprint density at radius 3 is 2.43 bits per heavy atom. The van der Waals surface area contributed by atoms with Gasteiger partial charge in [0.1, 0.15) is 5.25 Å². The summed E-state index contributed by atoms with van der Waals surface area (Å²) in [6, 6.07) is 17.9. The number of halogens is 3. The molecule has 0 aliphatic carbocycles. The van der Waals surface area contributed by atoms with Gasteiger partial charge in [-0.2, -0.15) is 13.2 Å². The lowest BCUT2D eigenvalue weighted by molar-refractivity contribution is -0.137. The fourth-order valence-corrected chi connectivity index (χ4v) is 7.89. The number of carbonyl (C=O) groups is 3. The quantitative estimate of drug-likeness (QED) is 0.264. The summed E-state index contributed by atoms with van der Waals surface area (Å²) in [5.41, 5.74) is -0.370. The Morgan fingerprint density at radius 1 is 0.977 bits per heavy atom. The molecule has 4 aromatic rings. The van der Waals surface area contributed by atoms with Crippen LogP contribution in [0.1, 0.15) is 21.9 Å². The fraction of sp³-hybridized carbons (Fsp3) is 0.200. The van der Waals surface area contributed by atoms with E-state index < -0.39 is 52.9 Å². The van der Waals surface area contributed by atoms with Crippen molar-refractivity contribution in [1.82, 2.24) is 4.98 Å². The van der Waals surface area contributed by atoms with Crippen LogP contribution >= 0.6 is 23.1 Å². The monoisotopic (exact) mass is 641 g/mol. The predicted octanol–water partition coefficient (Wildman–Crippen LogP) is 5.28. The van der Waals surface area contributed by atoms with Crippen molar-refractivity contribution in [2.45, 2.75) is 22.4 Å². The zero-order chi connectivity index (χ0) is 31.2. The van der Waals surface area contributed by atoms with Crippen molar-refractivity contribution in [3.05, 3.63) is 98.5 Å². The van der Waals surface area contributed by atoms with Crippen molar-refractivity contribution < 1.29 is 37.0 Å². The number of fused-ring (bicyclic) bond motifs is 2. The number of thioether (sulfide) groups is 1. The number of amides is 3. The number of benzene rings is 3. The molecule has 3 atom stereocenters. The lowest BCUT2D eigenvalue weighted by atomic mass is 9.83. The second-order valence-electron chi connectivity index (χ2n) is 9.89. The van der Waals surface area contributed by atoms with E-state index in [1.807, 2.05) is 0 Å². The molecule has 6 rings (SSSR count).